The number of para-hydroxylation sites is 1. The van der Waals surface area contributed by atoms with Gasteiger partial charge in [-0.25, -0.2) is 0 Å². The van der Waals surface area contributed by atoms with E-state index in [0.29, 0.717) is 5.75 Å². The molecule has 0 saturated carbocycles. The first-order valence-electron chi connectivity index (χ1n) is 7.15. The topological polar surface area (TPSA) is 52.4 Å². The van der Waals surface area contributed by atoms with Crippen molar-refractivity contribution in [2.75, 3.05) is 0 Å². The van der Waals surface area contributed by atoms with Gasteiger partial charge in [-0.15, -0.1) is 0 Å². The summed E-state index contributed by atoms with van der Waals surface area (Å²) in [7, 11) is 0. The molecule has 0 N–H and O–H groups in total. The molecule has 0 radical (unpaired) electrons. The van der Waals surface area contributed by atoms with E-state index in [2.05, 4.69) is 6.92 Å². The number of unbranched alkanes of at least 4 members (excludes halogenated alkanes) is 3. The van der Waals surface area contributed by atoms with Gasteiger partial charge in [-0.05, 0) is 12.8 Å². The lowest BCUT2D eigenvalue weighted by atomic mass is 10.0. The molecule has 112 valence electrons. The molecule has 0 bridgehead atoms. The van der Waals surface area contributed by atoms with Gasteiger partial charge in [0.1, 0.15) is 0 Å². The van der Waals surface area contributed by atoms with Crippen LogP contribution in [0.4, 0.5) is 5.69 Å². The van der Waals surface area contributed by atoms with Crippen LogP contribution < -0.4 is 4.18 Å². The molecule has 0 aromatic heterocycles. The largest absolute Gasteiger partial charge is 0.418 e. The van der Waals surface area contributed by atoms with Gasteiger partial charge in [0.05, 0.1) is 17.0 Å². The minimum atomic E-state index is -0.369. The number of nitrogens with zero attached hydrogens (tertiary/aromatic N) is 1. The van der Waals surface area contributed by atoms with E-state index in [9.17, 15) is 10.1 Å². The van der Waals surface area contributed by atoms with Gasteiger partial charge in [-0.2, -0.15) is 0 Å². The van der Waals surface area contributed by atoms with E-state index in [4.69, 9.17) is 4.18 Å². The maximum atomic E-state index is 11.1. The van der Waals surface area contributed by atoms with Crippen molar-refractivity contribution in [2.45, 2.75) is 58.1 Å². The van der Waals surface area contributed by atoms with Crippen molar-refractivity contribution in [2.24, 2.45) is 0 Å². The summed E-state index contributed by atoms with van der Waals surface area (Å²) in [5, 5.41) is 11.4. The van der Waals surface area contributed by atoms with Crippen molar-refractivity contribution >= 4 is 17.7 Å². The van der Waals surface area contributed by atoms with Crippen molar-refractivity contribution in [3.63, 3.8) is 0 Å². The number of nitro benzene ring substituents is 1. The summed E-state index contributed by atoms with van der Waals surface area (Å²) in [4.78, 5) is 10.7. The number of nitro groups is 1. The van der Waals surface area contributed by atoms with E-state index >= 15 is 0 Å². The van der Waals surface area contributed by atoms with Crippen LogP contribution in [0.1, 0.15) is 52.0 Å². The van der Waals surface area contributed by atoms with E-state index in [0.717, 1.165) is 24.8 Å². The monoisotopic (exact) mass is 297 g/mol. The molecular weight excluding hydrogens is 274 g/mol. The Morgan fingerprint density at radius 2 is 2.05 bits per heavy atom. The zero-order valence-electron chi connectivity index (χ0n) is 12.4. The lowest BCUT2D eigenvalue weighted by Crippen LogP contribution is -2.00. The molecule has 0 aliphatic rings. The highest BCUT2D eigenvalue weighted by Crippen LogP contribution is 2.35. The Labute approximate surface area is 125 Å². The van der Waals surface area contributed by atoms with Crippen molar-refractivity contribution in [1.29, 1.82) is 0 Å². The first kappa shape index (κ1) is 16.8. The maximum Gasteiger partial charge on any atom is 0.312 e. The van der Waals surface area contributed by atoms with Crippen molar-refractivity contribution in [3.05, 3.63) is 33.9 Å². The summed E-state index contributed by atoms with van der Waals surface area (Å²) in [6.07, 6.45) is 5.40. The fourth-order valence-corrected chi connectivity index (χ4v) is 2.38. The summed E-state index contributed by atoms with van der Waals surface area (Å²) in [6.45, 7) is 6.17. The molecule has 4 nitrogen and oxygen atoms in total. The van der Waals surface area contributed by atoms with E-state index in [-0.39, 0.29) is 15.9 Å². The van der Waals surface area contributed by atoms with Crippen LogP contribution in [0.15, 0.2) is 18.2 Å². The quantitative estimate of drug-likeness (QED) is 0.274. The number of hydrogen-bond donors (Lipinski definition) is 0. The third-order valence-corrected chi connectivity index (χ3v) is 3.54. The first-order chi connectivity index (χ1) is 9.56. The Hall–Kier alpha value is -1.23. The molecule has 0 spiro atoms. The average Bonchev–Trinajstić information content (AvgIpc) is 2.41. The molecule has 1 aromatic rings. The fourth-order valence-electron chi connectivity index (χ4n) is 1.89. The summed E-state index contributed by atoms with van der Waals surface area (Å²) in [5.41, 5.74) is 0.995. The molecule has 0 saturated heterocycles. The predicted molar refractivity (Wildman–Crippen MR) is 84.3 cm³/mol. The fraction of sp³-hybridized carbons (Fsp3) is 0.600. The highest BCUT2D eigenvalue weighted by molar-refractivity contribution is 7.95. The minimum Gasteiger partial charge on any atom is -0.418 e. The second-order valence-electron chi connectivity index (χ2n) is 5.06. The molecule has 0 amide bonds. The van der Waals surface area contributed by atoms with Gasteiger partial charge in [0.15, 0.2) is 0 Å². The molecule has 0 fully saturated rings. The second kappa shape index (κ2) is 8.84. The number of aryl methyl sites for hydroxylation is 1. The van der Waals surface area contributed by atoms with E-state index in [1.165, 1.54) is 31.0 Å². The zero-order chi connectivity index (χ0) is 15.0. The molecule has 1 aromatic carbocycles. The molecule has 0 aliphatic carbocycles. The molecule has 0 heterocycles. The summed E-state index contributed by atoms with van der Waals surface area (Å²) >= 11 is 1.27. The molecule has 1 rings (SSSR count). The Morgan fingerprint density at radius 3 is 2.65 bits per heavy atom. The SMILES string of the molecule is CCCCCCc1cccc([N+](=O)[O-])c1OSC(C)C. The highest BCUT2D eigenvalue weighted by Gasteiger charge is 2.19. The van der Waals surface area contributed by atoms with Gasteiger partial charge in [-0.1, -0.05) is 52.2 Å². The third-order valence-electron chi connectivity index (χ3n) is 2.90. The Bertz CT molecular complexity index is 435. The zero-order valence-corrected chi connectivity index (χ0v) is 13.2. The summed E-state index contributed by atoms with van der Waals surface area (Å²) in [5.74, 6) is 0.424. The van der Waals surface area contributed by atoms with Gasteiger partial charge in [-0.3, -0.25) is 10.1 Å². The molecule has 0 unspecified atom stereocenters. The second-order valence-corrected chi connectivity index (χ2v) is 6.36. The van der Waals surface area contributed by atoms with Crippen LogP contribution in [0, 0.1) is 10.1 Å². The van der Waals surface area contributed by atoms with Gasteiger partial charge >= 0.3 is 5.69 Å². The van der Waals surface area contributed by atoms with Gasteiger partial charge in [0, 0.05) is 16.9 Å². The van der Waals surface area contributed by atoms with E-state index in [1.54, 1.807) is 6.07 Å². The van der Waals surface area contributed by atoms with Crippen molar-refractivity contribution in [3.8, 4) is 5.75 Å². The van der Waals surface area contributed by atoms with E-state index in [1.807, 2.05) is 19.9 Å². The highest BCUT2D eigenvalue weighted by atomic mass is 32.2. The van der Waals surface area contributed by atoms with Crippen LogP contribution in [-0.2, 0) is 6.42 Å². The van der Waals surface area contributed by atoms with Crippen LogP contribution in [0.25, 0.3) is 0 Å². The summed E-state index contributed by atoms with van der Waals surface area (Å²) in [6, 6.07) is 5.17. The van der Waals surface area contributed by atoms with Crippen LogP contribution in [0.5, 0.6) is 5.75 Å². The molecule has 5 heteroatoms. The number of rotatable bonds is 9. The normalized spacial score (nSPS) is 10.8. The van der Waals surface area contributed by atoms with Crippen LogP contribution in [0.2, 0.25) is 0 Å². The summed E-state index contributed by atoms with van der Waals surface area (Å²) < 4.78 is 5.62. The molecule has 20 heavy (non-hydrogen) atoms. The van der Waals surface area contributed by atoms with Crippen LogP contribution in [-0.4, -0.2) is 10.2 Å². The third kappa shape index (κ3) is 5.41. The Balaban J connectivity index is 2.84. The maximum absolute atomic E-state index is 11.1. The Morgan fingerprint density at radius 1 is 1.30 bits per heavy atom. The smallest absolute Gasteiger partial charge is 0.312 e. The number of benzene rings is 1. The average molecular weight is 297 g/mol. The van der Waals surface area contributed by atoms with Gasteiger partial charge < -0.3 is 4.18 Å². The van der Waals surface area contributed by atoms with Crippen LogP contribution >= 0.6 is 12.0 Å². The van der Waals surface area contributed by atoms with E-state index < -0.39 is 0 Å². The molecule has 0 atom stereocenters. The number of hydrogen-bond acceptors (Lipinski definition) is 4. The lowest BCUT2D eigenvalue weighted by Gasteiger charge is -2.11. The first-order valence-corrected chi connectivity index (χ1v) is 7.96. The van der Waals surface area contributed by atoms with Crippen molar-refractivity contribution in [1.82, 2.24) is 0 Å². The van der Waals surface area contributed by atoms with Crippen molar-refractivity contribution < 1.29 is 9.11 Å². The lowest BCUT2D eigenvalue weighted by molar-refractivity contribution is -0.385. The minimum absolute atomic E-state index is 0.0612. The standard InChI is InChI=1S/C15H23NO3S/c1-4-5-6-7-9-13-10-8-11-14(16(17)18)15(13)19-20-12(2)3/h8,10-12H,4-7,9H2,1-3H3. The van der Waals surface area contributed by atoms with Crippen LogP contribution in [0.3, 0.4) is 0 Å². The van der Waals surface area contributed by atoms with Gasteiger partial charge in [0.2, 0.25) is 5.75 Å². The molecule has 0 aliphatic heterocycles. The molecular formula is C15H23NO3S. The predicted octanol–water partition coefficient (Wildman–Crippen LogP) is 5.15. The Kier molecular flexibility index (Phi) is 7.44. The van der Waals surface area contributed by atoms with Gasteiger partial charge in [0.25, 0.3) is 0 Å².